The van der Waals surface area contributed by atoms with Crippen LogP contribution in [0.3, 0.4) is 0 Å². The largest absolute Gasteiger partial charge is 0.454 e. The minimum Gasteiger partial charge on any atom is -0.454 e. The average Bonchev–Trinajstić information content (AvgIpc) is 3.90. The summed E-state index contributed by atoms with van der Waals surface area (Å²) in [6.07, 6.45) is 4.28. The van der Waals surface area contributed by atoms with E-state index in [9.17, 15) is 28.8 Å². The fraction of sp³-hybridized carbons (Fsp3) is 0.678. The van der Waals surface area contributed by atoms with Crippen LogP contribution in [0, 0.1) is 11.8 Å². The van der Waals surface area contributed by atoms with Gasteiger partial charge in [-0.1, -0.05) is 43.5 Å². The van der Waals surface area contributed by atoms with Crippen LogP contribution in [0.15, 0.2) is 47.5 Å². The molecule has 2 unspecified atom stereocenters. The number of aliphatic imine (C=N–C) groups is 1. The molecule has 3 atom stereocenters. The summed E-state index contributed by atoms with van der Waals surface area (Å²) in [6.45, 7) is 16.0. The van der Waals surface area contributed by atoms with Crippen molar-refractivity contribution >= 4 is 70.3 Å². The number of imide groups is 1. The van der Waals surface area contributed by atoms with Gasteiger partial charge in [-0.15, -0.1) is 11.8 Å². The monoisotopic (exact) mass is 1210 g/mol. The number of fused-ring (bicyclic) bond motifs is 2. The lowest BCUT2D eigenvalue weighted by Crippen LogP contribution is -2.54. The smallest absolute Gasteiger partial charge is 0.242 e. The highest BCUT2D eigenvalue weighted by Gasteiger charge is 2.40. The van der Waals surface area contributed by atoms with Crippen molar-refractivity contribution in [2.24, 2.45) is 16.8 Å². The number of amidine groups is 1. The number of piperazine rings is 2. The number of likely N-dealkylation sites (tertiary alicyclic amines) is 1. The summed E-state index contributed by atoms with van der Waals surface area (Å²) < 4.78 is 44.5. The Morgan fingerprint density at radius 3 is 1.89 bits per heavy atom. The number of carbonyl (C=O) groups is 6. The van der Waals surface area contributed by atoms with Crippen LogP contribution in [0.5, 0.6) is 11.5 Å². The van der Waals surface area contributed by atoms with Crippen molar-refractivity contribution in [1.29, 1.82) is 0 Å². The van der Waals surface area contributed by atoms with Crippen molar-refractivity contribution in [3.8, 4) is 11.5 Å². The van der Waals surface area contributed by atoms with Gasteiger partial charge in [0.25, 0.3) is 0 Å². The third kappa shape index (κ3) is 22.4. The van der Waals surface area contributed by atoms with Crippen molar-refractivity contribution in [2.45, 2.75) is 57.1 Å². The SMILES string of the molecule is CCCOCCOCCOCCOCCOCCOCCOCCNC(=O)CCN1C(=O)CC(SCCNC(=O)CN2CCN(CCNC(=O)C3CCCC[C@@H]3C(=O)N3CCN(C4=Nc5ccccc5Oc5ccc(Cl)cc54)CC3)CC2)C1=O. The number of thioether (sulfide) groups is 1. The first-order chi connectivity index (χ1) is 41.1. The van der Waals surface area contributed by atoms with Gasteiger partial charge in [0, 0.05) is 127 Å². The number of benzene rings is 2. The first kappa shape index (κ1) is 66.5. The van der Waals surface area contributed by atoms with Gasteiger partial charge in [0.15, 0.2) is 5.75 Å². The Balaban J connectivity index is 0.659. The second-order valence-electron chi connectivity index (χ2n) is 21.0. The van der Waals surface area contributed by atoms with Gasteiger partial charge >= 0.3 is 0 Å². The van der Waals surface area contributed by atoms with E-state index in [1.54, 1.807) is 6.07 Å². The molecule has 2 aromatic carbocycles. The Morgan fingerprint density at radius 2 is 1.24 bits per heavy atom. The minimum absolute atomic E-state index is 0.00488. The molecule has 5 aliphatic rings. The number of rotatable bonds is 37. The van der Waals surface area contributed by atoms with Crippen molar-refractivity contribution in [2.75, 3.05) is 190 Å². The van der Waals surface area contributed by atoms with E-state index >= 15 is 0 Å². The van der Waals surface area contributed by atoms with Crippen LogP contribution in [0.1, 0.15) is 57.4 Å². The lowest BCUT2D eigenvalue weighted by Gasteiger charge is -2.40. The zero-order valence-corrected chi connectivity index (χ0v) is 50.5. The average molecular weight is 1210 g/mol. The lowest BCUT2D eigenvalue weighted by atomic mass is 9.77. The Hall–Kier alpha value is -4.99. The summed E-state index contributed by atoms with van der Waals surface area (Å²) >= 11 is 7.78. The summed E-state index contributed by atoms with van der Waals surface area (Å²) in [7, 11) is 0. The van der Waals surface area contributed by atoms with E-state index in [-0.39, 0.29) is 79.8 Å². The van der Waals surface area contributed by atoms with Gasteiger partial charge in [-0.2, -0.15) is 0 Å². The topological polar surface area (TPSA) is 241 Å². The Labute approximate surface area is 503 Å². The van der Waals surface area contributed by atoms with E-state index in [2.05, 4.69) is 37.6 Å². The number of carbonyl (C=O) groups excluding carboxylic acids is 6. The number of para-hydroxylation sites is 2. The molecule has 3 N–H and O–H groups in total. The molecule has 4 heterocycles. The molecule has 7 rings (SSSR count). The zero-order chi connectivity index (χ0) is 59.1. The molecule has 84 heavy (non-hydrogen) atoms. The first-order valence-corrected chi connectivity index (χ1v) is 31.5. The van der Waals surface area contributed by atoms with Gasteiger partial charge in [-0.05, 0) is 49.6 Å². The molecule has 6 amide bonds. The van der Waals surface area contributed by atoms with Crippen LogP contribution in [-0.2, 0) is 61.9 Å². The maximum atomic E-state index is 14.1. The molecule has 1 aliphatic carbocycles. The van der Waals surface area contributed by atoms with Crippen molar-refractivity contribution in [3.63, 3.8) is 0 Å². The highest BCUT2D eigenvalue weighted by molar-refractivity contribution is 8.00. The van der Waals surface area contributed by atoms with E-state index in [4.69, 9.17) is 54.5 Å². The van der Waals surface area contributed by atoms with Crippen LogP contribution in [0.2, 0.25) is 5.02 Å². The van der Waals surface area contributed by atoms with E-state index < -0.39 is 5.25 Å². The Kier molecular flexibility index (Phi) is 29.7. The molecule has 0 radical (unpaired) electrons. The molecule has 2 aromatic rings. The van der Waals surface area contributed by atoms with Crippen LogP contribution in [0.4, 0.5) is 5.69 Å². The fourth-order valence-electron chi connectivity index (χ4n) is 10.5. The fourth-order valence-corrected chi connectivity index (χ4v) is 11.7. The van der Waals surface area contributed by atoms with E-state index in [1.807, 2.05) is 41.3 Å². The number of halogens is 1. The summed E-state index contributed by atoms with van der Waals surface area (Å²) in [5.74, 6) is 0.821. The Morgan fingerprint density at radius 1 is 0.643 bits per heavy atom. The van der Waals surface area contributed by atoms with Crippen LogP contribution in [0.25, 0.3) is 0 Å². The summed E-state index contributed by atoms with van der Waals surface area (Å²) in [6, 6.07) is 13.2. The third-order valence-electron chi connectivity index (χ3n) is 15.0. The van der Waals surface area contributed by atoms with Gasteiger partial charge in [0.2, 0.25) is 35.4 Å². The van der Waals surface area contributed by atoms with Crippen molar-refractivity contribution in [3.05, 3.63) is 53.1 Å². The molecular weight excluding hydrogens is 1130 g/mol. The van der Waals surface area contributed by atoms with E-state index in [0.717, 1.165) is 60.9 Å². The van der Waals surface area contributed by atoms with E-state index in [1.165, 1.54) is 11.8 Å². The Bertz CT molecular complexity index is 2410. The second kappa shape index (κ2) is 37.5. The normalized spacial score (nSPS) is 19.3. The lowest BCUT2D eigenvalue weighted by molar-refractivity contribution is -0.144. The summed E-state index contributed by atoms with van der Waals surface area (Å²) in [5, 5.41) is 8.88. The first-order valence-electron chi connectivity index (χ1n) is 30.0. The van der Waals surface area contributed by atoms with Gasteiger partial charge in [0.1, 0.15) is 17.3 Å². The van der Waals surface area contributed by atoms with Gasteiger partial charge in [0.05, 0.1) is 103 Å². The number of hydrogen-bond donors (Lipinski definition) is 3. The predicted octanol–water partition coefficient (Wildman–Crippen LogP) is 3.22. The maximum absolute atomic E-state index is 14.1. The van der Waals surface area contributed by atoms with Crippen LogP contribution >= 0.6 is 23.4 Å². The maximum Gasteiger partial charge on any atom is 0.242 e. The molecule has 3 saturated heterocycles. The number of nitrogens with zero attached hydrogens (tertiary/aromatic N) is 6. The molecule has 4 fully saturated rings. The number of nitrogens with one attached hydrogen (secondary N) is 3. The summed E-state index contributed by atoms with van der Waals surface area (Å²) in [5.41, 5.74) is 1.53. The zero-order valence-electron chi connectivity index (χ0n) is 48.9. The molecule has 466 valence electrons. The van der Waals surface area contributed by atoms with Gasteiger partial charge in [-0.3, -0.25) is 43.5 Å². The van der Waals surface area contributed by atoms with Crippen LogP contribution < -0.4 is 20.7 Å². The summed E-state index contributed by atoms with van der Waals surface area (Å²) in [4.78, 5) is 93.5. The molecule has 0 bridgehead atoms. The number of amides is 6. The molecule has 4 aliphatic heterocycles. The number of ether oxygens (including phenoxy) is 8. The molecule has 0 aromatic heterocycles. The standard InChI is InChI=1S/C59H88ClN9O14S/c1-2-27-76-29-31-78-33-35-80-37-39-82-40-38-81-36-34-79-32-30-77-28-15-61-53(70)13-17-69-55(72)43-52(59(69)75)84-41-16-62-54(71)44-66-21-19-65(20-22-66)18-14-63-57(73)46-7-3-4-8-47(46)58(74)68-25-23-67(24-26-68)56-48-42-45(60)11-12-50(48)83-51-10-6-5-9-49(51)64-56/h5-6,9-12,42,46-47,52H,2-4,7-8,13-41,43-44H2,1H3,(H,61,70)(H,62,71)(H,63,73)/t46?,47-,52?/m0/s1. The van der Waals surface area contributed by atoms with Gasteiger partial charge < -0.3 is 63.6 Å². The molecular formula is C59H88ClN9O14S. The van der Waals surface area contributed by atoms with Crippen molar-refractivity contribution < 1.29 is 66.7 Å². The highest BCUT2D eigenvalue weighted by atomic mass is 35.5. The molecule has 23 nitrogen and oxygen atoms in total. The third-order valence-corrected chi connectivity index (χ3v) is 16.5. The molecule has 25 heteroatoms. The van der Waals surface area contributed by atoms with Crippen LogP contribution in [-0.4, -0.2) is 261 Å². The van der Waals surface area contributed by atoms with E-state index in [0.29, 0.717) is 180 Å². The highest BCUT2D eigenvalue weighted by Crippen LogP contribution is 2.39. The van der Waals surface area contributed by atoms with Crippen molar-refractivity contribution in [1.82, 2.24) is 40.4 Å². The second-order valence-corrected chi connectivity index (χ2v) is 22.8. The molecule has 0 spiro atoms. The van der Waals surface area contributed by atoms with Gasteiger partial charge in [-0.25, -0.2) is 4.99 Å². The quantitative estimate of drug-likeness (QED) is 0.0650. The molecule has 1 saturated carbocycles. The number of hydrogen-bond acceptors (Lipinski definition) is 19. The predicted molar refractivity (Wildman–Crippen MR) is 318 cm³/mol. The minimum atomic E-state index is -0.552.